The van der Waals surface area contributed by atoms with Crippen LogP contribution in [0.5, 0.6) is 0 Å². The van der Waals surface area contributed by atoms with Crippen LogP contribution in [0.2, 0.25) is 0 Å². The Labute approximate surface area is 82.5 Å². The lowest BCUT2D eigenvalue weighted by Gasteiger charge is -2.03. The lowest BCUT2D eigenvalue weighted by Crippen LogP contribution is -1.91. The van der Waals surface area contributed by atoms with Crippen molar-refractivity contribution in [2.24, 2.45) is 4.99 Å². The maximum absolute atomic E-state index is 13.1. The molecule has 1 aromatic carbocycles. The van der Waals surface area contributed by atoms with Crippen molar-refractivity contribution in [2.75, 3.05) is 0 Å². The fraction of sp³-hybridized carbons (Fsp3) is 0.364. The molecule has 0 saturated heterocycles. The third kappa shape index (κ3) is 2.16. The van der Waals surface area contributed by atoms with Crippen LogP contribution in [-0.4, -0.2) is 5.71 Å². The van der Waals surface area contributed by atoms with Gasteiger partial charge in [0.15, 0.2) is 11.6 Å². The first-order valence-electron chi connectivity index (χ1n) is 4.55. The number of rotatable bonds is 2. The zero-order valence-electron chi connectivity index (χ0n) is 8.56. The van der Waals surface area contributed by atoms with Gasteiger partial charge >= 0.3 is 0 Å². The highest BCUT2D eigenvalue weighted by atomic mass is 19.2. The molecule has 0 unspecified atom stereocenters. The first-order valence-corrected chi connectivity index (χ1v) is 4.55. The van der Waals surface area contributed by atoms with Gasteiger partial charge in [0.05, 0.1) is 5.69 Å². The fourth-order valence-corrected chi connectivity index (χ4v) is 1.05. The molecule has 0 aliphatic heterocycles. The molecule has 0 saturated carbocycles. The second-order valence-electron chi connectivity index (χ2n) is 3.21. The highest BCUT2D eigenvalue weighted by Gasteiger charge is 2.08. The minimum Gasteiger partial charge on any atom is -0.258 e. The van der Waals surface area contributed by atoms with E-state index in [1.807, 2.05) is 13.8 Å². The Bertz CT molecular complexity index is 370. The average Bonchev–Trinajstić information content (AvgIpc) is 2.19. The average molecular weight is 197 g/mol. The van der Waals surface area contributed by atoms with E-state index in [0.29, 0.717) is 5.69 Å². The summed E-state index contributed by atoms with van der Waals surface area (Å²) in [7, 11) is 0. The zero-order valence-corrected chi connectivity index (χ0v) is 8.56. The van der Waals surface area contributed by atoms with Crippen LogP contribution in [0.15, 0.2) is 17.1 Å². The van der Waals surface area contributed by atoms with E-state index in [2.05, 4.69) is 4.99 Å². The molecular weight excluding hydrogens is 184 g/mol. The molecule has 1 nitrogen and oxygen atoms in total. The van der Waals surface area contributed by atoms with Gasteiger partial charge in [-0.1, -0.05) is 6.92 Å². The van der Waals surface area contributed by atoms with Gasteiger partial charge in [-0.05, 0) is 32.4 Å². The quantitative estimate of drug-likeness (QED) is 0.640. The molecule has 0 aliphatic carbocycles. The summed E-state index contributed by atoms with van der Waals surface area (Å²) < 4.78 is 25.9. The molecule has 0 radical (unpaired) electrons. The van der Waals surface area contributed by atoms with Crippen LogP contribution in [0.1, 0.15) is 25.8 Å². The molecule has 0 aliphatic rings. The second-order valence-corrected chi connectivity index (χ2v) is 3.21. The van der Waals surface area contributed by atoms with Crippen molar-refractivity contribution in [1.82, 2.24) is 0 Å². The normalized spacial score (nSPS) is 11.9. The summed E-state index contributed by atoms with van der Waals surface area (Å²) in [6, 6.07) is 2.59. The Morgan fingerprint density at radius 3 is 2.57 bits per heavy atom. The largest absolute Gasteiger partial charge is 0.258 e. The van der Waals surface area contributed by atoms with Crippen LogP contribution < -0.4 is 0 Å². The molecule has 0 N–H and O–H groups in total. The van der Waals surface area contributed by atoms with Crippen molar-refractivity contribution in [3.63, 3.8) is 0 Å². The van der Waals surface area contributed by atoms with Crippen molar-refractivity contribution in [3.8, 4) is 0 Å². The lowest BCUT2D eigenvalue weighted by atomic mass is 10.2. The summed E-state index contributed by atoms with van der Waals surface area (Å²) in [4.78, 5) is 4.19. The van der Waals surface area contributed by atoms with Gasteiger partial charge in [0, 0.05) is 11.3 Å². The Balaban J connectivity index is 3.18. The first kappa shape index (κ1) is 10.8. The van der Waals surface area contributed by atoms with E-state index in [0.717, 1.165) is 18.2 Å². The van der Waals surface area contributed by atoms with Crippen LogP contribution >= 0.6 is 0 Å². The molecule has 1 rings (SSSR count). The fourth-order valence-electron chi connectivity index (χ4n) is 1.05. The summed E-state index contributed by atoms with van der Waals surface area (Å²) >= 11 is 0. The maximum Gasteiger partial charge on any atom is 0.163 e. The van der Waals surface area contributed by atoms with E-state index in [1.54, 1.807) is 0 Å². The molecule has 3 heteroatoms. The predicted molar refractivity (Wildman–Crippen MR) is 54.2 cm³/mol. The summed E-state index contributed by atoms with van der Waals surface area (Å²) in [6.07, 6.45) is 0.804. The van der Waals surface area contributed by atoms with E-state index < -0.39 is 11.6 Å². The Morgan fingerprint density at radius 1 is 1.36 bits per heavy atom. The topological polar surface area (TPSA) is 12.4 Å². The van der Waals surface area contributed by atoms with Crippen LogP contribution in [-0.2, 0) is 0 Å². The van der Waals surface area contributed by atoms with Gasteiger partial charge in [0.2, 0.25) is 0 Å². The van der Waals surface area contributed by atoms with Gasteiger partial charge in [-0.15, -0.1) is 0 Å². The SMILES string of the molecule is CCC(C)=Nc1ccc(F)c(F)c1C. The summed E-state index contributed by atoms with van der Waals surface area (Å²) in [6.45, 7) is 5.36. The van der Waals surface area contributed by atoms with E-state index in [-0.39, 0.29) is 5.56 Å². The molecule has 0 bridgehead atoms. The molecule has 0 fully saturated rings. The van der Waals surface area contributed by atoms with Crippen LogP contribution in [0.4, 0.5) is 14.5 Å². The number of hydrogen-bond acceptors (Lipinski definition) is 1. The monoisotopic (exact) mass is 197 g/mol. The van der Waals surface area contributed by atoms with Crippen LogP contribution in [0.3, 0.4) is 0 Å². The third-order valence-electron chi connectivity index (χ3n) is 2.13. The Hall–Kier alpha value is -1.25. The molecule has 1 aromatic rings. The van der Waals surface area contributed by atoms with Gasteiger partial charge in [-0.2, -0.15) is 0 Å². The number of aliphatic imine (C=N–C) groups is 1. The Kier molecular flexibility index (Phi) is 3.33. The highest BCUT2D eigenvalue weighted by molar-refractivity contribution is 5.84. The molecule has 0 aromatic heterocycles. The van der Waals surface area contributed by atoms with Crippen LogP contribution in [0.25, 0.3) is 0 Å². The minimum atomic E-state index is -0.824. The highest BCUT2D eigenvalue weighted by Crippen LogP contribution is 2.23. The van der Waals surface area contributed by atoms with E-state index >= 15 is 0 Å². The molecule has 0 heterocycles. The van der Waals surface area contributed by atoms with Crippen molar-refractivity contribution < 1.29 is 8.78 Å². The van der Waals surface area contributed by atoms with Gasteiger partial charge in [-0.3, -0.25) is 4.99 Å². The predicted octanol–water partition coefficient (Wildman–Crippen LogP) is 3.78. The Morgan fingerprint density at radius 2 is 2.00 bits per heavy atom. The third-order valence-corrected chi connectivity index (χ3v) is 2.13. The molecule has 0 amide bonds. The molecule has 0 atom stereocenters. The second kappa shape index (κ2) is 4.31. The minimum absolute atomic E-state index is 0.262. The first-order chi connectivity index (χ1) is 6.56. The number of nitrogens with zero attached hydrogens (tertiary/aromatic N) is 1. The van der Waals surface area contributed by atoms with Gasteiger partial charge in [0.1, 0.15) is 0 Å². The number of hydrogen-bond donors (Lipinski definition) is 0. The maximum atomic E-state index is 13.1. The molecule has 76 valence electrons. The molecule has 14 heavy (non-hydrogen) atoms. The van der Waals surface area contributed by atoms with Crippen molar-refractivity contribution in [3.05, 3.63) is 29.3 Å². The van der Waals surface area contributed by atoms with E-state index in [9.17, 15) is 8.78 Å². The number of benzene rings is 1. The summed E-state index contributed by atoms with van der Waals surface area (Å²) in [5.41, 5.74) is 1.67. The van der Waals surface area contributed by atoms with Gasteiger partial charge in [0.25, 0.3) is 0 Å². The van der Waals surface area contributed by atoms with Gasteiger partial charge < -0.3 is 0 Å². The van der Waals surface area contributed by atoms with E-state index in [1.165, 1.54) is 13.0 Å². The lowest BCUT2D eigenvalue weighted by molar-refractivity contribution is 0.503. The molecular formula is C11H13F2N. The van der Waals surface area contributed by atoms with Crippen molar-refractivity contribution in [2.45, 2.75) is 27.2 Å². The number of halogens is 2. The smallest absolute Gasteiger partial charge is 0.163 e. The molecule has 0 spiro atoms. The van der Waals surface area contributed by atoms with Gasteiger partial charge in [-0.25, -0.2) is 8.78 Å². The van der Waals surface area contributed by atoms with Crippen LogP contribution in [0, 0.1) is 18.6 Å². The summed E-state index contributed by atoms with van der Waals surface area (Å²) in [5.74, 6) is -1.63. The summed E-state index contributed by atoms with van der Waals surface area (Å²) in [5, 5.41) is 0. The zero-order chi connectivity index (χ0) is 10.7. The standard InChI is InChI=1S/C11H13F2N/c1-4-7(2)14-10-6-5-9(12)11(13)8(10)3/h5-6H,4H2,1-3H3. The van der Waals surface area contributed by atoms with Crippen molar-refractivity contribution >= 4 is 11.4 Å². The van der Waals surface area contributed by atoms with E-state index in [4.69, 9.17) is 0 Å². The van der Waals surface area contributed by atoms with Crippen molar-refractivity contribution in [1.29, 1.82) is 0 Å².